The van der Waals surface area contributed by atoms with E-state index in [1.807, 2.05) is 42.5 Å². The average molecular weight is 609 g/mol. The Bertz CT molecular complexity index is 2610. The van der Waals surface area contributed by atoms with Crippen LogP contribution >= 0.6 is 11.6 Å². The number of hydrogen-bond donors (Lipinski definition) is 0. The van der Waals surface area contributed by atoms with Crippen LogP contribution in [0.25, 0.3) is 83.2 Å². The molecule has 0 aliphatic rings. The summed E-state index contributed by atoms with van der Waals surface area (Å²) in [7, 11) is 0. The van der Waals surface area contributed by atoms with Gasteiger partial charge in [0, 0.05) is 33.2 Å². The van der Waals surface area contributed by atoms with Crippen molar-refractivity contribution < 1.29 is 0 Å². The average Bonchev–Trinajstić information content (AvgIpc) is 3.45. The second-order valence-corrected chi connectivity index (χ2v) is 11.9. The zero-order chi connectivity index (χ0) is 30.6. The summed E-state index contributed by atoms with van der Waals surface area (Å²) in [6, 6.07) is 52.2. The highest BCUT2D eigenvalue weighted by molar-refractivity contribution is 6.36. The van der Waals surface area contributed by atoms with Crippen LogP contribution in [0.1, 0.15) is 0 Å². The molecule has 0 fully saturated rings. The minimum atomic E-state index is 0.608. The standard InChI is InChI=1S/C41H25ClN4/c42-36-19-9-18-34-35-24-29-14-6-7-15-30(29)25-37(35)46(38(34)36)33-17-8-16-31(23-33)40-43-39(27-11-2-1-3-12-27)44-41(45-40)32-21-20-26-10-4-5-13-28(26)22-32/h1-25H. The van der Waals surface area contributed by atoms with Crippen LogP contribution in [0.3, 0.4) is 0 Å². The van der Waals surface area contributed by atoms with E-state index in [4.69, 9.17) is 26.6 Å². The fraction of sp³-hybridized carbons (Fsp3) is 0. The van der Waals surface area contributed by atoms with Crippen molar-refractivity contribution in [2.24, 2.45) is 0 Å². The smallest absolute Gasteiger partial charge is 0.164 e. The molecule has 0 bridgehead atoms. The van der Waals surface area contributed by atoms with Crippen LogP contribution < -0.4 is 0 Å². The lowest BCUT2D eigenvalue weighted by atomic mass is 10.1. The number of nitrogens with zero attached hydrogens (tertiary/aromatic N) is 4. The van der Waals surface area contributed by atoms with E-state index in [9.17, 15) is 0 Å². The molecule has 7 aromatic carbocycles. The Hall–Kier alpha value is -5.84. The van der Waals surface area contributed by atoms with Crippen LogP contribution in [-0.2, 0) is 0 Å². The highest BCUT2D eigenvalue weighted by Crippen LogP contribution is 2.38. The minimum Gasteiger partial charge on any atom is -0.308 e. The van der Waals surface area contributed by atoms with E-state index < -0.39 is 0 Å². The van der Waals surface area contributed by atoms with Crippen LogP contribution in [0, 0.1) is 0 Å². The van der Waals surface area contributed by atoms with Gasteiger partial charge in [-0.05, 0) is 57.9 Å². The van der Waals surface area contributed by atoms with E-state index in [0.717, 1.165) is 49.6 Å². The molecule has 0 atom stereocenters. The molecule has 0 aliphatic heterocycles. The SMILES string of the molecule is Clc1cccc2c3cc4ccccc4cc3n(-c3cccc(-c4nc(-c5ccccc5)nc(-c5ccc6ccccc6c5)n4)c3)c12. The molecule has 5 heteroatoms. The van der Waals surface area contributed by atoms with Crippen LogP contribution in [0.2, 0.25) is 5.02 Å². The fourth-order valence-corrected chi connectivity index (χ4v) is 6.70. The normalized spacial score (nSPS) is 11.6. The molecule has 0 N–H and O–H groups in total. The second kappa shape index (κ2) is 10.7. The van der Waals surface area contributed by atoms with Crippen molar-refractivity contribution in [3.8, 4) is 39.9 Å². The lowest BCUT2D eigenvalue weighted by Gasteiger charge is -2.12. The van der Waals surface area contributed by atoms with Crippen molar-refractivity contribution in [2.75, 3.05) is 0 Å². The molecule has 0 saturated heterocycles. The molecule has 216 valence electrons. The fourth-order valence-electron chi connectivity index (χ4n) is 6.44. The van der Waals surface area contributed by atoms with Gasteiger partial charge in [-0.2, -0.15) is 0 Å². The van der Waals surface area contributed by atoms with Gasteiger partial charge in [0.15, 0.2) is 17.5 Å². The summed E-state index contributed by atoms with van der Waals surface area (Å²) in [6.45, 7) is 0. The summed E-state index contributed by atoms with van der Waals surface area (Å²) in [5.41, 5.74) is 5.82. The highest BCUT2D eigenvalue weighted by atomic mass is 35.5. The monoisotopic (exact) mass is 608 g/mol. The van der Waals surface area contributed by atoms with E-state index in [0.29, 0.717) is 22.5 Å². The quantitative estimate of drug-likeness (QED) is 0.200. The molecular formula is C41H25ClN4. The van der Waals surface area contributed by atoms with E-state index in [2.05, 4.69) is 114 Å². The third kappa shape index (κ3) is 4.42. The van der Waals surface area contributed by atoms with Gasteiger partial charge in [0.2, 0.25) is 0 Å². The summed E-state index contributed by atoms with van der Waals surface area (Å²) < 4.78 is 2.26. The molecule has 9 aromatic rings. The molecule has 0 radical (unpaired) electrons. The second-order valence-electron chi connectivity index (χ2n) is 11.5. The molecule has 0 unspecified atom stereocenters. The van der Waals surface area contributed by atoms with E-state index in [-0.39, 0.29) is 0 Å². The Morgan fingerprint density at radius 1 is 0.413 bits per heavy atom. The first kappa shape index (κ1) is 26.6. The zero-order valence-corrected chi connectivity index (χ0v) is 25.4. The van der Waals surface area contributed by atoms with Gasteiger partial charge >= 0.3 is 0 Å². The minimum absolute atomic E-state index is 0.608. The van der Waals surface area contributed by atoms with Gasteiger partial charge in [-0.1, -0.05) is 127 Å². The van der Waals surface area contributed by atoms with Crippen LogP contribution in [0.5, 0.6) is 0 Å². The number of hydrogen-bond acceptors (Lipinski definition) is 3. The highest BCUT2D eigenvalue weighted by Gasteiger charge is 2.18. The molecular weight excluding hydrogens is 584 g/mol. The van der Waals surface area contributed by atoms with Gasteiger partial charge in [-0.15, -0.1) is 0 Å². The number of halogens is 1. The first-order valence-corrected chi connectivity index (χ1v) is 15.6. The topological polar surface area (TPSA) is 43.6 Å². The number of rotatable bonds is 4. The molecule has 2 aromatic heterocycles. The third-order valence-electron chi connectivity index (χ3n) is 8.64. The van der Waals surface area contributed by atoms with Crippen LogP contribution in [-0.4, -0.2) is 19.5 Å². The first-order valence-electron chi connectivity index (χ1n) is 15.2. The van der Waals surface area contributed by atoms with Crippen molar-refractivity contribution in [3.63, 3.8) is 0 Å². The van der Waals surface area contributed by atoms with Crippen LogP contribution in [0.4, 0.5) is 0 Å². The Morgan fingerprint density at radius 3 is 1.76 bits per heavy atom. The van der Waals surface area contributed by atoms with Crippen molar-refractivity contribution in [1.29, 1.82) is 0 Å². The maximum Gasteiger partial charge on any atom is 0.164 e. The summed E-state index contributed by atoms with van der Waals surface area (Å²) in [5.74, 6) is 1.87. The number of para-hydroxylation sites is 1. The Morgan fingerprint density at radius 2 is 1.00 bits per heavy atom. The number of aromatic nitrogens is 4. The zero-order valence-electron chi connectivity index (χ0n) is 24.6. The van der Waals surface area contributed by atoms with Crippen molar-refractivity contribution in [2.45, 2.75) is 0 Å². The largest absolute Gasteiger partial charge is 0.308 e. The van der Waals surface area contributed by atoms with Crippen LogP contribution in [0.15, 0.2) is 152 Å². The van der Waals surface area contributed by atoms with Gasteiger partial charge in [0.05, 0.1) is 16.1 Å². The maximum atomic E-state index is 6.94. The molecule has 2 heterocycles. The lowest BCUT2D eigenvalue weighted by molar-refractivity contribution is 1.07. The maximum absolute atomic E-state index is 6.94. The van der Waals surface area contributed by atoms with Crippen molar-refractivity contribution in [3.05, 3.63) is 157 Å². The Labute approximate surface area is 270 Å². The van der Waals surface area contributed by atoms with E-state index in [1.54, 1.807) is 0 Å². The summed E-state index contributed by atoms with van der Waals surface area (Å²) in [6.07, 6.45) is 0. The predicted molar refractivity (Wildman–Crippen MR) is 190 cm³/mol. The predicted octanol–water partition coefficient (Wildman–Crippen LogP) is 10.9. The molecule has 0 amide bonds. The van der Waals surface area contributed by atoms with Gasteiger partial charge in [-0.3, -0.25) is 0 Å². The van der Waals surface area contributed by atoms with E-state index in [1.165, 1.54) is 16.2 Å². The van der Waals surface area contributed by atoms with Gasteiger partial charge in [0.1, 0.15) is 0 Å². The Balaban J connectivity index is 1.27. The molecule has 0 aliphatic carbocycles. The summed E-state index contributed by atoms with van der Waals surface area (Å²) in [5, 5.41) is 7.66. The summed E-state index contributed by atoms with van der Waals surface area (Å²) in [4.78, 5) is 15.0. The van der Waals surface area contributed by atoms with Crippen molar-refractivity contribution >= 4 is 55.0 Å². The van der Waals surface area contributed by atoms with Gasteiger partial charge in [0.25, 0.3) is 0 Å². The number of fused-ring (bicyclic) bond motifs is 5. The molecule has 4 nitrogen and oxygen atoms in total. The van der Waals surface area contributed by atoms with Gasteiger partial charge in [-0.25, -0.2) is 15.0 Å². The molecule has 0 spiro atoms. The first-order chi connectivity index (χ1) is 22.7. The third-order valence-corrected chi connectivity index (χ3v) is 8.95. The van der Waals surface area contributed by atoms with Gasteiger partial charge < -0.3 is 4.57 Å². The lowest BCUT2D eigenvalue weighted by Crippen LogP contribution is -2.01. The summed E-state index contributed by atoms with van der Waals surface area (Å²) >= 11 is 6.94. The Kier molecular flexibility index (Phi) is 6.15. The van der Waals surface area contributed by atoms with Crippen molar-refractivity contribution in [1.82, 2.24) is 19.5 Å². The molecule has 9 rings (SSSR count). The molecule has 46 heavy (non-hydrogen) atoms. The molecule has 0 saturated carbocycles. The van der Waals surface area contributed by atoms with E-state index >= 15 is 0 Å². The number of benzene rings is 7.